The normalized spacial score (nSPS) is 19.6. The summed E-state index contributed by atoms with van der Waals surface area (Å²) in [5.41, 5.74) is 4.86. The predicted molar refractivity (Wildman–Crippen MR) is 134 cm³/mol. The Labute approximate surface area is 201 Å². The maximum Gasteiger partial charge on any atom is 0.198 e. The van der Waals surface area contributed by atoms with E-state index in [-0.39, 0.29) is 17.1 Å². The van der Waals surface area contributed by atoms with Gasteiger partial charge >= 0.3 is 0 Å². The van der Waals surface area contributed by atoms with Crippen LogP contribution in [0.2, 0.25) is 5.02 Å². The van der Waals surface area contributed by atoms with Crippen LogP contribution in [0.1, 0.15) is 35.9 Å². The van der Waals surface area contributed by atoms with Gasteiger partial charge in [-0.2, -0.15) is 0 Å². The molecule has 3 aromatic carbocycles. The summed E-state index contributed by atoms with van der Waals surface area (Å²) in [6.45, 7) is 0. The number of para-hydroxylation sites is 2. The fourth-order valence-electron chi connectivity index (χ4n) is 5.00. The molecule has 0 saturated carbocycles. The quantitative estimate of drug-likeness (QED) is 0.355. The zero-order valence-electron chi connectivity index (χ0n) is 18.2. The molecule has 168 valence electrons. The Morgan fingerprint density at radius 1 is 0.882 bits per heavy atom. The van der Waals surface area contributed by atoms with Gasteiger partial charge in [-0.25, -0.2) is 0 Å². The van der Waals surface area contributed by atoms with Crippen molar-refractivity contribution in [1.82, 2.24) is 0 Å². The molecule has 6 rings (SSSR count). The molecule has 2 heterocycles. The Balaban J connectivity index is 1.53. The van der Waals surface area contributed by atoms with Gasteiger partial charge in [-0.05, 0) is 48.2 Å². The fourth-order valence-corrected chi connectivity index (χ4v) is 5.18. The highest BCUT2D eigenvalue weighted by molar-refractivity contribution is 6.31. The lowest BCUT2D eigenvalue weighted by Crippen LogP contribution is -2.29. The van der Waals surface area contributed by atoms with E-state index in [0.29, 0.717) is 40.0 Å². The average Bonchev–Trinajstić information content (AvgIpc) is 3.02. The van der Waals surface area contributed by atoms with Crippen molar-refractivity contribution in [2.45, 2.75) is 24.8 Å². The van der Waals surface area contributed by atoms with E-state index in [2.05, 4.69) is 22.8 Å². The van der Waals surface area contributed by atoms with E-state index in [1.807, 2.05) is 42.5 Å². The highest BCUT2D eigenvalue weighted by atomic mass is 35.5. The number of hydrogen-bond donors (Lipinski definition) is 2. The zero-order chi connectivity index (χ0) is 23.2. The van der Waals surface area contributed by atoms with Crippen molar-refractivity contribution in [2.75, 3.05) is 10.6 Å². The van der Waals surface area contributed by atoms with Gasteiger partial charge in [-0.1, -0.05) is 54.1 Å². The molecule has 1 aliphatic heterocycles. The molecule has 34 heavy (non-hydrogen) atoms. The third-order valence-corrected chi connectivity index (χ3v) is 6.89. The molecule has 0 radical (unpaired) electrons. The summed E-state index contributed by atoms with van der Waals surface area (Å²) in [5, 5.41) is 7.79. The number of rotatable bonds is 2. The number of allylic oxidation sites excluding steroid dienone is 1. The number of benzene rings is 3. The lowest BCUT2D eigenvalue weighted by molar-refractivity contribution is -0.116. The number of fused-ring (bicyclic) bond motifs is 2. The van der Waals surface area contributed by atoms with Crippen LogP contribution in [0.25, 0.3) is 11.0 Å². The van der Waals surface area contributed by atoms with E-state index in [0.717, 1.165) is 22.6 Å². The van der Waals surface area contributed by atoms with Crippen LogP contribution in [0, 0.1) is 0 Å². The number of anilines is 2. The van der Waals surface area contributed by atoms with Gasteiger partial charge in [0.2, 0.25) is 0 Å². The minimum Gasteiger partial charge on any atom is -0.464 e. The van der Waals surface area contributed by atoms with Crippen LogP contribution in [0.15, 0.2) is 99.5 Å². The van der Waals surface area contributed by atoms with Crippen LogP contribution in [-0.4, -0.2) is 5.78 Å². The van der Waals surface area contributed by atoms with Crippen molar-refractivity contribution in [1.29, 1.82) is 0 Å². The number of Topliss-reactive ketones (excluding diaryl/α,β-unsaturated/α-hetero) is 1. The van der Waals surface area contributed by atoms with Crippen molar-refractivity contribution in [3.63, 3.8) is 0 Å². The smallest absolute Gasteiger partial charge is 0.198 e. The molecule has 0 fully saturated rings. The van der Waals surface area contributed by atoms with Crippen LogP contribution in [0.4, 0.5) is 11.4 Å². The summed E-state index contributed by atoms with van der Waals surface area (Å²) in [7, 11) is 0. The van der Waals surface area contributed by atoms with Crippen LogP contribution in [0.3, 0.4) is 0 Å². The fraction of sp³-hybridized carbons (Fsp3) is 0.143. The van der Waals surface area contributed by atoms with E-state index >= 15 is 0 Å². The summed E-state index contributed by atoms with van der Waals surface area (Å²) in [5.74, 6) is 0.0798. The minimum absolute atomic E-state index is 0.0125. The van der Waals surface area contributed by atoms with Gasteiger partial charge in [0.15, 0.2) is 11.2 Å². The Morgan fingerprint density at radius 3 is 2.47 bits per heavy atom. The molecule has 4 aromatic rings. The van der Waals surface area contributed by atoms with Crippen LogP contribution < -0.4 is 16.1 Å². The molecule has 0 amide bonds. The molecule has 1 aromatic heterocycles. The largest absolute Gasteiger partial charge is 0.464 e. The molecule has 0 bridgehead atoms. The number of hydrogen-bond acceptors (Lipinski definition) is 5. The summed E-state index contributed by atoms with van der Waals surface area (Å²) in [6, 6.07) is 22.2. The molecule has 1 aliphatic carbocycles. The summed E-state index contributed by atoms with van der Waals surface area (Å²) in [6.07, 6.45) is 2.51. The molecule has 0 spiro atoms. The first-order valence-electron chi connectivity index (χ1n) is 11.2. The molecule has 5 nitrogen and oxygen atoms in total. The van der Waals surface area contributed by atoms with Gasteiger partial charge in [-0.15, -0.1) is 0 Å². The zero-order valence-corrected chi connectivity index (χ0v) is 18.9. The lowest BCUT2D eigenvalue weighted by Gasteiger charge is -2.29. The Morgan fingerprint density at radius 2 is 1.65 bits per heavy atom. The van der Waals surface area contributed by atoms with E-state index in [1.54, 1.807) is 18.2 Å². The molecule has 6 heteroatoms. The Kier molecular flexibility index (Phi) is 5.00. The second-order valence-corrected chi connectivity index (χ2v) is 9.18. The van der Waals surface area contributed by atoms with Crippen LogP contribution in [0.5, 0.6) is 0 Å². The molecule has 0 saturated heterocycles. The number of ketones is 1. The maximum absolute atomic E-state index is 13.6. The molecular formula is C28H21ClN2O3. The first-order valence-corrected chi connectivity index (χ1v) is 11.6. The van der Waals surface area contributed by atoms with Gasteiger partial charge < -0.3 is 15.1 Å². The third-order valence-electron chi connectivity index (χ3n) is 6.65. The molecular weight excluding hydrogens is 448 g/mol. The number of carbonyl (C=O) groups is 1. The highest BCUT2D eigenvalue weighted by Crippen LogP contribution is 2.43. The van der Waals surface area contributed by atoms with Crippen molar-refractivity contribution in [2.24, 2.45) is 0 Å². The lowest BCUT2D eigenvalue weighted by atomic mass is 9.78. The van der Waals surface area contributed by atoms with Crippen molar-refractivity contribution in [3.05, 3.63) is 117 Å². The van der Waals surface area contributed by atoms with Gasteiger partial charge in [0, 0.05) is 22.7 Å². The van der Waals surface area contributed by atoms with Gasteiger partial charge in [0.05, 0.1) is 28.4 Å². The number of nitrogens with one attached hydrogen (secondary N) is 2. The molecule has 2 aliphatic rings. The highest BCUT2D eigenvalue weighted by Gasteiger charge is 2.37. The average molecular weight is 469 g/mol. The predicted octanol–water partition coefficient (Wildman–Crippen LogP) is 6.43. The van der Waals surface area contributed by atoms with E-state index in [9.17, 15) is 9.59 Å². The topological polar surface area (TPSA) is 71.3 Å². The molecule has 2 unspecified atom stereocenters. The van der Waals surface area contributed by atoms with E-state index in [1.165, 1.54) is 6.26 Å². The standard InChI is InChI=1S/C28H21ClN2O3/c29-18-10-11-25-19(14-18)28(33)20(15-34-25)27-26-23(30-21-8-4-5-9-22(21)31-27)12-17(13-24(26)32)16-6-2-1-3-7-16/h1-11,14-15,17,27,30-31H,12-13H2. The number of halogens is 1. The summed E-state index contributed by atoms with van der Waals surface area (Å²) in [4.78, 5) is 27.2. The van der Waals surface area contributed by atoms with Crippen LogP contribution >= 0.6 is 11.6 Å². The van der Waals surface area contributed by atoms with Crippen molar-refractivity contribution >= 4 is 39.7 Å². The molecule has 2 N–H and O–H groups in total. The second kappa shape index (κ2) is 8.19. The Bertz CT molecular complexity index is 1520. The van der Waals surface area contributed by atoms with Crippen LogP contribution in [-0.2, 0) is 4.79 Å². The summed E-state index contributed by atoms with van der Waals surface area (Å²) >= 11 is 6.16. The first kappa shape index (κ1) is 20.8. The van der Waals surface area contributed by atoms with E-state index in [4.69, 9.17) is 16.0 Å². The second-order valence-electron chi connectivity index (χ2n) is 8.74. The monoisotopic (exact) mass is 468 g/mol. The minimum atomic E-state index is -0.644. The summed E-state index contributed by atoms with van der Waals surface area (Å²) < 4.78 is 5.81. The van der Waals surface area contributed by atoms with Crippen molar-refractivity contribution < 1.29 is 9.21 Å². The van der Waals surface area contributed by atoms with Gasteiger partial charge in [0.1, 0.15) is 11.8 Å². The van der Waals surface area contributed by atoms with Crippen molar-refractivity contribution in [3.8, 4) is 0 Å². The SMILES string of the molecule is O=C1CC(c2ccccc2)CC2=C1C(c1coc3ccc(Cl)cc3c1=O)Nc1ccccc1N2. The molecule has 2 atom stereocenters. The maximum atomic E-state index is 13.6. The third kappa shape index (κ3) is 3.49. The van der Waals surface area contributed by atoms with E-state index < -0.39 is 6.04 Å². The number of carbonyl (C=O) groups excluding carboxylic acids is 1. The van der Waals surface area contributed by atoms with Gasteiger partial charge in [0.25, 0.3) is 0 Å². The van der Waals surface area contributed by atoms with Gasteiger partial charge in [-0.3, -0.25) is 9.59 Å². The first-order chi connectivity index (χ1) is 16.6. The Hall–Kier alpha value is -3.83.